The lowest BCUT2D eigenvalue weighted by molar-refractivity contribution is -0.523. The fourth-order valence-corrected chi connectivity index (χ4v) is 1.99. The van der Waals surface area contributed by atoms with E-state index >= 15 is 0 Å². The molecule has 0 aliphatic carbocycles. The molecule has 0 aromatic heterocycles. The van der Waals surface area contributed by atoms with Gasteiger partial charge in [-0.3, -0.25) is 14.9 Å². The van der Waals surface area contributed by atoms with Crippen molar-refractivity contribution < 1.29 is 42.0 Å². The molecule has 0 atom stereocenters. The lowest BCUT2D eigenvalue weighted by atomic mass is 9.89. The number of carbonyl (C=O) groups is 3. The minimum Gasteiger partial charge on any atom is -0.460 e. The van der Waals surface area contributed by atoms with Crippen molar-refractivity contribution in [2.45, 2.75) is 25.6 Å². The van der Waals surface area contributed by atoms with Crippen LogP contribution in [-0.2, 0) is 25.2 Å². The number of ether oxygens (including phenoxy) is 2. The Morgan fingerprint density at radius 2 is 1.42 bits per heavy atom. The SMILES string of the molecule is CCOC(=O)C(C(=O)OCC)(C(=O)c1ccc(C(F)(F)F)cc1)[N+](=O)[O-]. The third-order valence-electron chi connectivity index (χ3n) is 3.22. The van der Waals surface area contributed by atoms with Crippen LogP contribution in [0.4, 0.5) is 13.2 Å². The Kier molecular flexibility index (Phi) is 6.43. The van der Waals surface area contributed by atoms with Gasteiger partial charge in [-0.15, -0.1) is 0 Å². The van der Waals surface area contributed by atoms with E-state index in [-0.39, 0.29) is 13.2 Å². The summed E-state index contributed by atoms with van der Waals surface area (Å²) in [5.74, 6) is -5.23. The van der Waals surface area contributed by atoms with E-state index in [4.69, 9.17) is 0 Å². The van der Waals surface area contributed by atoms with Gasteiger partial charge in [0.05, 0.1) is 23.7 Å². The fourth-order valence-electron chi connectivity index (χ4n) is 1.99. The maximum Gasteiger partial charge on any atom is 0.471 e. The smallest absolute Gasteiger partial charge is 0.460 e. The average molecular weight is 377 g/mol. The van der Waals surface area contributed by atoms with Gasteiger partial charge in [-0.05, 0) is 26.0 Å². The molecule has 0 saturated carbocycles. The standard InChI is InChI=1S/C15H14F3NO7/c1-3-25-12(21)14(19(23)24,13(22)26-4-2)11(20)9-5-7-10(8-6-9)15(16,17)18/h5-8H,3-4H2,1-2H3. The summed E-state index contributed by atoms with van der Waals surface area (Å²) in [7, 11) is 0. The molecule has 0 radical (unpaired) electrons. The topological polar surface area (TPSA) is 113 Å². The minimum absolute atomic E-state index is 0.381. The molecule has 0 saturated heterocycles. The van der Waals surface area contributed by atoms with Crippen molar-refractivity contribution in [2.75, 3.05) is 13.2 Å². The van der Waals surface area contributed by atoms with Crippen LogP contribution in [-0.4, -0.2) is 41.4 Å². The Balaban J connectivity index is 3.50. The highest BCUT2D eigenvalue weighted by molar-refractivity contribution is 6.28. The van der Waals surface area contributed by atoms with Crippen molar-refractivity contribution in [2.24, 2.45) is 0 Å². The monoisotopic (exact) mass is 377 g/mol. The molecule has 1 aromatic rings. The van der Waals surface area contributed by atoms with Crippen LogP contribution in [0.3, 0.4) is 0 Å². The van der Waals surface area contributed by atoms with Crippen LogP contribution in [0.2, 0.25) is 0 Å². The summed E-state index contributed by atoms with van der Waals surface area (Å²) in [6, 6.07) is 2.24. The lowest BCUT2D eigenvalue weighted by Crippen LogP contribution is -2.61. The minimum atomic E-state index is -4.70. The predicted molar refractivity (Wildman–Crippen MR) is 78.8 cm³/mol. The van der Waals surface area contributed by atoms with Gasteiger partial charge in [0.15, 0.2) is 0 Å². The molecule has 0 spiro atoms. The first kappa shape index (κ1) is 21.1. The van der Waals surface area contributed by atoms with Crippen LogP contribution in [0.15, 0.2) is 24.3 Å². The Labute approximate surface area is 145 Å². The third kappa shape index (κ3) is 3.81. The molecule has 0 heterocycles. The van der Waals surface area contributed by atoms with Crippen molar-refractivity contribution >= 4 is 17.7 Å². The van der Waals surface area contributed by atoms with Crippen molar-refractivity contribution in [3.63, 3.8) is 0 Å². The maximum atomic E-state index is 12.6. The van der Waals surface area contributed by atoms with Crippen LogP contribution >= 0.6 is 0 Å². The van der Waals surface area contributed by atoms with E-state index in [1.807, 2.05) is 0 Å². The number of ketones is 1. The number of nitrogens with zero attached hydrogens (tertiary/aromatic N) is 1. The molecule has 0 aliphatic heterocycles. The van der Waals surface area contributed by atoms with Gasteiger partial charge in [0.1, 0.15) is 0 Å². The van der Waals surface area contributed by atoms with Gasteiger partial charge in [0, 0.05) is 5.56 Å². The number of alkyl halides is 3. The van der Waals surface area contributed by atoms with Gasteiger partial charge >= 0.3 is 23.7 Å². The second-order valence-electron chi connectivity index (χ2n) is 4.81. The number of carbonyl (C=O) groups excluding carboxylic acids is 3. The summed E-state index contributed by atoms with van der Waals surface area (Å²) in [5, 5.41) is 11.5. The van der Waals surface area contributed by atoms with E-state index in [0.717, 1.165) is 0 Å². The van der Waals surface area contributed by atoms with Crippen LogP contribution < -0.4 is 0 Å². The summed E-state index contributed by atoms with van der Waals surface area (Å²) in [6.45, 7) is 1.81. The van der Waals surface area contributed by atoms with Gasteiger partial charge in [-0.1, -0.05) is 12.1 Å². The number of Topliss-reactive ketones (excluding diaryl/α,β-unsaturated/α-hetero) is 1. The summed E-state index contributed by atoms with van der Waals surface area (Å²) >= 11 is 0. The second-order valence-corrected chi connectivity index (χ2v) is 4.81. The number of hydrogen-bond donors (Lipinski definition) is 0. The van der Waals surface area contributed by atoms with E-state index < -0.39 is 45.5 Å². The van der Waals surface area contributed by atoms with Crippen molar-refractivity contribution in [3.05, 3.63) is 45.5 Å². The first-order valence-electron chi connectivity index (χ1n) is 7.24. The highest BCUT2D eigenvalue weighted by atomic mass is 19.4. The largest absolute Gasteiger partial charge is 0.471 e. The maximum absolute atomic E-state index is 12.6. The van der Waals surface area contributed by atoms with E-state index in [0.29, 0.717) is 24.3 Å². The molecular formula is C15H14F3NO7. The molecule has 0 bridgehead atoms. The molecule has 0 unspecified atom stereocenters. The van der Waals surface area contributed by atoms with Gasteiger partial charge < -0.3 is 9.47 Å². The van der Waals surface area contributed by atoms with Crippen LogP contribution in [0, 0.1) is 10.1 Å². The summed E-state index contributed by atoms with van der Waals surface area (Å²) in [6.07, 6.45) is -4.70. The van der Waals surface area contributed by atoms with Gasteiger partial charge in [0.25, 0.3) is 5.78 Å². The highest BCUT2D eigenvalue weighted by Crippen LogP contribution is 2.30. The number of hydrogen-bond acceptors (Lipinski definition) is 7. The number of rotatable bonds is 7. The van der Waals surface area contributed by atoms with Crippen molar-refractivity contribution in [1.29, 1.82) is 0 Å². The Morgan fingerprint density at radius 3 is 1.73 bits per heavy atom. The van der Waals surface area contributed by atoms with E-state index in [2.05, 4.69) is 9.47 Å². The molecule has 0 aliphatic rings. The van der Waals surface area contributed by atoms with Crippen molar-refractivity contribution in [3.8, 4) is 0 Å². The zero-order valence-electron chi connectivity index (χ0n) is 13.7. The first-order valence-corrected chi connectivity index (χ1v) is 7.24. The Morgan fingerprint density at radius 1 is 1.00 bits per heavy atom. The summed E-state index contributed by atoms with van der Waals surface area (Å²) in [5.41, 5.74) is -5.34. The molecule has 11 heteroatoms. The molecule has 142 valence electrons. The first-order chi connectivity index (χ1) is 12.0. The molecule has 8 nitrogen and oxygen atoms in total. The third-order valence-corrected chi connectivity index (χ3v) is 3.22. The number of halogens is 3. The molecule has 0 amide bonds. The highest BCUT2D eigenvalue weighted by Gasteiger charge is 2.68. The summed E-state index contributed by atoms with van der Waals surface area (Å²) < 4.78 is 46.7. The molecule has 1 aromatic carbocycles. The molecule has 0 N–H and O–H groups in total. The van der Waals surface area contributed by atoms with Gasteiger partial charge in [0.2, 0.25) is 0 Å². The zero-order chi connectivity index (χ0) is 20.1. The van der Waals surface area contributed by atoms with Gasteiger partial charge in [-0.2, -0.15) is 13.2 Å². The fraction of sp³-hybridized carbons (Fsp3) is 0.400. The van der Waals surface area contributed by atoms with E-state index in [9.17, 15) is 37.7 Å². The number of benzene rings is 1. The van der Waals surface area contributed by atoms with Crippen LogP contribution in [0.25, 0.3) is 0 Å². The molecule has 0 fully saturated rings. The molecule has 26 heavy (non-hydrogen) atoms. The zero-order valence-corrected chi connectivity index (χ0v) is 13.7. The quantitative estimate of drug-likeness (QED) is 0.235. The Hall–Kier alpha value is -2.98. The second kappa shape index (κ2) is 7.93. The number of esters is 2. The van der Waals surface area contributed by atoms with Gasteiger partial charge in [-0.25, -0.2) is 9.59 Å². The van der Waals surface area contributed by atoms with Crippen molar-refractivity contribution in [1.82, 2.24) is 0 Å². The van der Waals surface area contributed by atoms with E-state index in [1.54, 1.807) is 0 Å². The average Bonchev–Trinajstić information content (AvgIpc) is 2.55. The normalized spacial score (nSPS) is 11.6. The summed E-state index contributed by atoms with van der Waals surface area (Å²) in [4.78, 5) is 46.8. The molecular weight excluding hydrogens is 363 g/mol. The molecule has 1 rings (SSSR count). The predicted octanol–water partition coefficient (Wildman–Crippen LogP) is 2.03. The Bertz CT molecular complexity index is 695. The van der Waals surface area contributed by atoms with Crippen LogP contribution in [0.1, 0.15) is 29.8 Å². The lowest BCUT2D eigenvalue weighted by Gasteiger charge is -2.20. The number of nitro groups is 1. The van der Waals surface area contributed by atoms with E-state index in [1.165, 1.54) is 13.8 Å². The van der Waals surface area contributed by atoms with Crippen LogP contribution in [0.5, 0.6) is 0 Å².